The number of hydrogen-bond donors (Lipinski definition) is 2. The van der Waals surface area contributed by atoms with Gasteiger partial charge in [0.2, 0.25) is 5.91 Å². The number of nitrogens with zero attached hydrogens (tertiary/aromatic N) is 2. The first kappa shape index (κ1) is 18.9. The highest BCUT2D eigenvalue weighted by atomic mass is 16.5. The summed E-state index contributed by atoms with van der Waals surface area (Å²) in [6.07, 6.45) is 3.95. The molecule has 144 valence electrons. The molecule has 0 aromatic carbocycles. The summed E-state index contributed by atoms with van der Waals surface area (Å²) in [6, 6.07) is -0.0513. The summed E-state index contributed by atoms with van der Waals surface area (Å²) in [7, 11) is 0. The molecule has 7 nitrogen and oxygen atoms in total. The second-order valence-electron chi connectivity index (χ2n) is 7.82. The SMILES string of the molecule is Cc1noc(C(C)C)c1C(=O)N1CCCC(CNC(=O)C2CCCN2)C1. The van der Waals surface area contributed by atoms with Gasteiger partial charge in [-0.15, -0.1) is 0 Å². The highest BCUT2D eigenvalue weighted by Gasteiger charge is 2.31. The molecule has 0 saturated carbocycles. The van der Waals surface area contributed by atoms with Crippen molar-refractivity contribution in [3.63, 3.8) is 0 Å². The summed E-state index contributed by atoms with van der Waals surface area (Å²) in [5.41, 5.74) is 1.27. The maximum atomic E-state index is 13.0. The molecular formula is C19H30N4O3. The van der Waals surface area contributed by atoms with Gasteiger partial charge in [-0.25, -0.2) is 0 Å². The van der Waals surface area contributed by atoms with Gasteiger partial charge >= 0.3 is 0 Å². The monoisotopic (exact) mass is 362 g/mol. The number of piperidine rings is 1. The number of carbonyl (C=O) groups excluding carboxylic acids is 2. The fourth-order valence-corrected chi connectivity index (χ4v) is 3.89. The normalized spacial score (nSPS) is 23.5. The van der Waals surface area contributed by atoms with Gasteiger partial charge in [-0.3, -0.25) is 9.59 Å². The van der Waals surface area contributed by atoms with Crippen molar-refractivity contribution in [3.8, 4) is 0 Å². The van der Waals surface area contributed by atoms with Crippen LogP contribution in [0.5, 0.6) is 0 Å². The summed E-state index contributed by atoms with van der Waals surface area (Å²) >= 11 is 0. The van der Waals surface area contributed by atoms with E-state index in [9.17, 15) is 9.59 Å². The lowest BCUT2D eigenvalue weighted by atomic mass is 9.96. The van der Waals surface area contributed by atoms with Crippen molar-refractivity contribution in [1.29, 1.82) is 0 Å². The first-order chi connectivity index (χ1) is 12.5. The number of hydrogen-bond acceptors (Lipinski definition) is 5. The van der Waals surface area contributed by atoms with Crippen LogP contribution < -0.4 is 10.6 Å². The second kappa shape index (κ2) is 8.20. The molecule has 2 saturated heterocycles. The van der Waals surface area contributed by atoms with Crippen molar-refractivity contribution < 1.29 is 14.1 Å². The van der Waals surface area contributed by atoms with Crippen LogP contribution in [-0.2, 0) is 4.79 Å². The number of carbonyl (C=O) groups is 2. The van der Waals surface area contributed by atoms with E-state index in [1.807, 2.05) is 25.7 Å². The minimum Gasteiger partial charge on any atom is -0.360 e. The molecule has 0 aliphatic carbocycles. The fraction of sp³-hybridized carbons (Fsp3) is 0.737. The Balaban J connectivity index is 1.58. The van der Waals surface area contributed by atoms with Gasteiger partial charge in [0.1, 0.15) is 5.56 Å². The molecule has 0 radical (unpaired) electrons. The lowest BCUT2D eigenvalue weighted by Gasteiger charge is -2.33. The maximum absolute atomic E-state index is 13.0. The topological polar surface area (TPSA) is 87.5 Å². The van der Waals surface area contributed by atoms with Gasteiger partial charge in [-0.05, 0) is 45.1 Å². The predicted molar refractivity (Wildman–Crippen MR) is 98.0 cm³/mol. The summed E-state index contributed by atoms with van der Waals surface area (Å²) < 4.78 is 5.37. The lowest BCUT2D eigenvalue weighted by molar-refractivity contribution is -0.123. The molecule has 2 aliphatic rings. The Bertz CT molecular complexity index is 649. The zero-order valence-corrected chi connectivity index (χ0v) is 16.0. The Hall–Kier alpha value is -1.89. The molecule has 1 aromatic heterocycles. The van der Waals surface area contributed by atoms with Gasteiger partial charge in [0.05, 0.1) is 11.7 Å². The van der Waals surface area contributed by atoms with E-state index >= 15 is 0 Å². The van der Waals surface area contributed by atoms with Gasteiger partial charge < -0.3 is 20.1 Å². The first-order valence-electron chi connectivity index (χ1n) is 9.74. The van der Waals surface area contributed by atoms with Crippen molar-refractivity contribution in [2.24, 2.45) is 5.92 Å². The number of likely N-dealkylation sites (tertiary alicyclic amines) is 1. The van der Waals surface area contributed by atoms with E-state index in [1.165, 1.54) is 0 Å². The Kier molecular flexibility index (Phi) is 5.96. The molecule has 2 aliphatic heterocycles. The van der Waals surface area contributed by atoms with E-state index < -0.39 is 0 Å². The quantitative estimate of drug-likeness (QED) is 0.834. The van der Waals surface area contributed by atoms with Crippen molar-refractivity contribution >= 4 is 11.8 Å². The van der Waals surface area contributed by atoms with Crippen molar-refractivity contribution in [3.05, 3.63) is 17.0 Å². The van der Waals surface area contributed by atoms with Crippen molar-refractivity contribution in [2.75, 3.05) is 26.2 Å². The van der Waals surface area contributed by atoms with Crippen LogP contribution in [0.2, 0.25) is 0 Å². The third kappa shape index (κ3) is 4.09. The van der Waals surface area contributed by atoms with Gasteiger partial charge in [0.15, 0.2) is 5.76 Å². The third-order valence-corrected chi connectivity index (χ3v) is 5.38. The largest absolute Gasteiger partial charge is 0.360 e. The molecule has 1 aromatic rings. The number of amides is 2. The first-order valence-corrected chi connectivity index (χ1v) is 9.74. The van der Waals surface area contributed by atoms with Gasteiger partial charge in [0.25, 0.3) is 5.91 Å². The van der Waals surface area contributed by atoms with Crippen molar-refractivity contribution in [2.45, 2.75) is 58.4 Å². The minimum absolute atomic E-state index is 0.000867. The highest BCUT2D eigenvalue weighted by Crippen LogP contribution is 2.26. The van der Waals surface area contributed by atoms with Crippen LogP contribution in [0.15, 0.2) is 4.52 Å². The summed E-state index contributed by atoms with van der Waals surface area (Å²) in [5.74, 6) is 1.16. The fourth-order valence-electron chi connectivity index (χ4n) is 3.89. The maximum Gasteiger partial charge on any atom is 0.259 e. The van der Waals surface area contributed by atoms with E-state index in [-0.39, 0.29) is 23.8 Å². The average Bonchev–Trinajstić information content (AvgIpc) is 3.29. The van der Waals surface area contributed by atoms with Crippen LogP contribution >= 0.6 is 0 Å². The average molecular weight is 362 g/mol. The molecule has 0 spiro atoms. The molecular weight excluding hydrogens is 332 g/mol. The van der Waals surface area contributed by atoms with Crippen LogP contribution in [0.4, 0.5) is 0 Å². The second-order valence-corrected chi connectivity index (χ2v) is 7.82. The van der Waals surface area contributed by atoms with E-state index in [0.29, 0.717) is 36.0 Å². The molecule has 3 heterocycles. The summed E-state index contributed by atoms with van der Waals surface area (Å²) in [4.78, 5) is 27.1. The molecule has 2 amide bonds. The van der Waals surface area contributed by atoms with Crippen LogP contribution in [0.3, 0.4) is 0 Å². The molecule has 2 fully saturated rings. The van der Waals surface area contributed by atoms with Gasteiger partial charge in [-0.1, -0.05) is 19.0 Å². The number of aromatic nitrogens is 1. The van der Waals surface area contributed by atoms with Crippen LogP contribution in [-0.4, -0.2) is 54.1 Å². The van der Waals surface area contributed by atoms with Gasteiger partial charge in [0, 0.05) is 25.6 Å². The standard InChI is InChI=1S/C19H30N4O3/c1-12(2)17-16(13(3)22-26-17)19(25)23-9-5-6-14(11-23)10-21-18(24)15-7-4-8-20-15/h12,14-15,20H,4-11H2,1-3H3,(H,21,24). The molecule has 2 unspecified atom stereocenters. The predicted octanol–water partition coefficient (Wildman–Crippen LogP) is 1.83. The van der Waals surface area contributed by atoms with Crippen LogP contribution in [0, 0.1) is 12.8 Å². The number of rotatable bonds is 5. The molecule has 2 atom stereocenters. The molecule has 3 rings (SSSR count). The summed E-state index contributed by atoms with van der Waals surface area (Å²) in [6.45, 7) is 8.78. The molecule has 7 heteroatoms. The minimum atomic E-state index is -0.0513. The summed E-state index contributed by atoms with van der Waals surface area (Å²) in [5, 5.41) is 10.3. The Morgan fingerprint density at radius 3 is 2.85 bits per heavy atom. The zero-order chi connectivity index (χ0) is 18.7. The molecule has 0 bridgehead atoms. The molecule has 2 N–H and O–H groups in total. The number of aryl methyl sites for hydroxylation is 1. The Morgan fingerprint density at radius 1 is 1.35 bits per heavy atom. The van der Waals surface area contributed by atoms with Crippen LogP contribution in [0.1, 0.15) is 67.3 Å². The Morgan fingerprint density at radius 2 is 2.15 bits per heavy atom. The zero-order valence-electron chi connectivity index (χ0n) is 16.0. The van der Waals surface area contributed by atoms with Gasteiger partial charge in [-0.2, -0.15) is 0 Å². The highest BCUT2D eigenvalue weighted by molar-refractivity contribution is 5.96. The van der Waals surface area contributed by atoms with Crippen molar-refractivity contribution in [1.82, 2.24) is 20.7 Å². The number of nitrogens with one attached hydrogen (secondary N) is 2. The molecule has 26 heavy (non-hydrogen) atoms. The lowest BCUT2D eigenvalue weighted by Crippen LogP contribution is -2.46. The van der Waals surface area contributed by atoms with E-state index in [4.69, 9.17) is 4.52 Å². The van der Waals surface area contributed by atoms with E-state index in [0.717, 1.165) is 38.8 Å². The smallest absolute Gasteiger partial charge is 0.259 e. The van der Waals surface area contributed by atoms with Crippen LogP contribution in [0.25, 0.3) is 0 Å². The van der Waals surface area contributed by atoms with E-state index in [1.54, 1.807) is 0 Å². The third-order valence-electron chi connectivity index (χ3n) is 5.38. The Labute approximate surface area is 154 Å². The van der Waals surface area contributed by atoms with E-state index in [2.05, 4.69) is 15.8 Å².